The monoisotopic (exact) mass is 183 g/mol. The first-order chi connectivity index (χ1) is 6.02. The highest BCUT2D eigenvalue weighted by Crippen LogP contribution is 2.22. The second-order valence-electron chi connectivity index (χ2n) is 3.77. The smallest absolute Gasteiger partial charge is 0.191 e. The lowest BCUT2D eigenvalue weighted by atomic mass is 9.90. The van der Waals surface area contributed by atoms with Crippen LogP contribution in [-0.2, 0) is 7.05 Å². The van der Waals surface area contributed by atoms with Gasteiger partial charge in [0.1, 0.15) is 0 Å². The molecule has 0 spiro atoms. The zero-order chi connectivity index (χ0) is 10.0. The summed E-state index contributed by atoms with van der Waals surface area (Å²) in [6, 6.07) is -0.117. The first-order valence-electron chi connectivity index (χ1n) is 4.52. The second-order valence-corrected chi connectivity index (χ2v) is 3.77. The standard InChI is InChI=1S/C8H17N5/c1-5(2)6(3)7(9)8-10-12-13(4)11-8/h5-7H,9H2,1-4H3. The van der Waals surface area contributed by atoms with Crippen LogP contribution in [0.1, 0.15) is 32.6 Å². The van der Waals surface area contributed by atoms with Crippen molar-refractivity contribution < 1.29 is 0 Å². The van der Waals surface area contributed by atoms with E-state index in [1.807, 2.05) is 0 Å². The lowest BCUT2D eigenvalue weighted by Gasteiger charge is -2.19. The molecule has 1 rings (SSSR count). The van der Waals surface area contributed by atoms with Gasteiger partial charge in [-0.15, -0.1) is 10.2 Å². The first kappa shape index (κ1) is 10.1. The van der Waals surface area contributed by atoms with Crippen molar-refractivity contribution in [1.29, 1.82) is 0 Å². The first-order valence-corrected chi connectivity index (χ1v) is 4.52. The van der Waals surface area contributed by atoms with Crippen LogP contribution in [0, 0.1) is 11.8 Å². The van der Waals surface area contributed by atoms with Crippen molar-refractivity contribution in [1.82, 2.24) is 20.2 Å². The summed E-state index contributed by atoms with van der Waals surface area (Å²) in [6.07, 6.45) is 0. The molecule has 1 heterocycles. The number of hydrogen-bond acceptors (Lipinski definition) is 4. The molecule has 0 bridgehead atoms. The summed E-state index contributed by atoms with van der Waals surface area (Å²) >= 11 is 0. The second kappa shape index (κ2) is 3.83. The molecule has 2 atom stereocenters. The molecule has 0 aliphatic heterocycles. The molecular weight excluding hydrogens is 166 g/mol. The Kier molecular flexibility index (Phi) is 2.98. The number of rotatable bonds is 3. The third kappa shape index (κ3) is 2.24. The number of nitrogens with two attached hydrogens (primary N) is 1. The number of tetrazole rings is 1. The van der Waals surface area contributed by atoms with E-state index in [1.165, 1.54) is 4.80 Å². The van der Waals surface area contributed by atoms with Crippen molar-refractivity contribution in [2.45, 2.75) is 26.8 Å². The van der Waals surface area contributed by atoms with Gasteiger partial charge in [-0.1, -0.05) is 20.8 Å². The third-order valence-electron chi connectivity index (χ3n) is 2.44. The van der Waals surface area contributed by atoms with Crippen molar-refractivity contribution in [3.05, 3.63) is 5.82 Å². The van der Waals surface area contributed by atoms with Gasteiger partial charge in [-0.2, -0.15) is 4.80 Å². The van der Waals surface area contributed by atoms with Gasteiger partial charge in [-0.3, -0.25) is 0 Å². The predicted molar refractivity (Wildman–Crippen MR) is 49.7 cm³/mol. The van der Waals surface area contributed by atoms with Crippen LogP contribution < -0.4 is 5.73 Å². The van der Waals surface area contributed by atoms with Gasteiger partial charge < -0.3 is 5.73 Å². The van der Waals surface area contributed by atoms with E-state index < -0.39 is 0 Å². The molecule has 74 valence electrons. The Balaban J connectivity index is 2.73. The molecule has 0 aliphatic carbocycles. The van der Waals surface area contributed by atoms with Crippen LogP contribution in [0.4, 0.5) is 0 Å². The van der Waals surface area contributed by atoms with Crippen LogP contribution in [0.5, 0.6) is 0 Å². The van der Waals surface area contributed by atoms with Gasteiger partial charge in [0.05, 0.1) is 13.1 Å². The van der Waals surface area contributed by atoms with E-state index in [1.54, 1.807) is 7.05 Å². The molecule has 0 aromatic carbocycles. The zero-order valence-electron chi connectivity index (χ0n) is 8.60. The zero-order valence-corrected chi connectivity index (χ0v) is 8.60. The quantitative estimate of drug-likeness (QED) is 0.741. The molecular formula is C8H17N5. The van der Waals surface area contributed by atoms with E-state index in [4.69, 9.17) is 5.73 Å². The fourth-order valence-corrected chi connectivity index (χ4v) is 1.08. The van der Waals surface area contributed by atoms with Crippen LogP contribution in [0.3, 0.4) is 0 Å². The predicted octanol–water partition coefficient (Wildman–Crippen LogP) is 0.502. The van der Waals surface area contributed by atoms with E-state index in [9.17, 15) is 0 Å². The minimum absolute atomic E-state index is 0.117. The van der Waals surface area contributed by atoms with Gasteiger partial charge in [0, 0.05) is 0 Å². The number of nitrogens with zero attached hydrogens (tertiary/aromatic N) is 4. The van der Waals surface area contributed by atoms with Crippen molar-refractivity contribution in [2.75, 3.05) is 0 Å². The van der Waals surface area contributed by atoms with Gasteiger partial charge in [0.15, 0.2) is 5.82 Å². The lowest BCUT2D eigenvalue weighted by molar-refractivity contribution is 0.341. The fraction of sp³-hybridized carbons (Fsp3) is 0.875. The number of aryl methyl sites for hydroxylation is 1. The number of aromatic nitrogens is 4. The lowest BCUT2D eigenvalue weighted by Crippen LogP contribution is -2.24. The van der Waals surface area contributed by atoms with Crippen LogP contribution >= 0.6 is 0 Å². The van der Waals surface area contributed by atoms with Gasteiger partial charge in [0.2, 0.25) is 0 Å². The third-order valence-corrected chi connectivity index (χ3v) is 2.44. The summed E-state index contributed by atoms with van der Waals surface area (Å²) in [5.41, 5.74) is 5.97. The summed E-state index contributed by atoms with van der Waals surface area (Å²) < 4.78 is 0. The summed E-state index contributed by atoms with van der Waals surface area (Å²) in [5.74, 6) is 1.52. The van der Waals surface area contributed by atoms with E-state index in [0.717, 1.165) is 0 Å². The highest BCUT2D eigenvalue weighted by Gasteiger charge is 2.21. The average molecular weight is 183 g/mol. The highest BCUT2D eigenvalue weighted by molar-refractivity contribution is 4.90. The Morgan fingerprint density at radius 1 is 1.31 bits per heavy atom. The van der Waals surface area contributed by atoms with Crippen LogP contribution in [-0.4, -0.2) is 20.2 Å². The fourth-order valence-electron chi connectivity index (χ4n) is 1.08. The summed E-state index contributed by atoms with van der Waals surface area (Å²) in [6.45, 7) is 6.38. The minimum atomic E-state index is -0.117. The van der Waals surface area contributed by atoms with E-state index >= 15 is 0 Å². The van der Waals surface area contributed by atoms with E-state index in [0.29, 0.717) is 17.7 Å². The molecule has 0 radical (unpaired) electrons. The maximum absolute atomic E-state index is 5.97. The molecule has 2 unspecified atom stereocenters. The Morgan fingerprint density at radius 3 is 2.31 bits per heavy atom. The van der Waals surface area contributed by atoms with E-state index in [-0.39, 0.29) is 6.04 Å². The van der Waals surface area contributed by atoms with Crippen LogP contribution in [0.2, 0.25) is 0 Å². The SMILES string of the molecule is CC(C)C(C)C(N)c1nnn(C)n1. The largest absolute Gasteiger partial charge is 0.321 e. The molecule has 0 aliphatic rings. The molecule has 0 saturated heterocycles. The molecule has 1 aromatic rings. The minimum Gasteiger partial charge on any atom is -0.321 e. The van der Waals surface area contributed by atoms with Crippen molar-refractivity contribution in [2.24, 2.45) is 24.6 Å². The summed E-state index contributed by atoms with van der Waals surface area (Å²) in [5, 5.41) is 11.7. The van der Waals surface area contributed by atoms with Crippen molar-refractivity contribution in [3.8, 4) is 0 Å². The van der Waals surface area contributed by atoms with Crippen LogP contribution in [0.15, 0.2) is 0 Å². The maximum Gasteiger partial charge on any atom is 0.191 e. The average Bonchev–Trinajstić information content (AvgIpc) is 2.49. The van der Waals surface area contributed by atoms with Gasteiger partial charge in [-0.25, -0.2) is 0 Å². The normalized spacial score (nSPS) is 16.2. The maximum atomic E-state index is 5.97. The molecule has 2 N–H and O–H groups in total. The van der Waals surface area contributed by atoms with Gasteiger partial charge >= 0.3 is 0 Å². The summed E-state index contributed by atoms with van der Waals surface area (Å²) in [7, 11) is 1.74. The molecule has 0 saturated carbocycles. The van der Waals surface area contributed by atoms with Crippen LogP contribution in [0.25, 0.3) is 0 Å². The summed E-state index contributed by atoms with van der Waals surface area (Å²) in [4.78, 5) is 1.43. The topological polar surface area (TPSA) is 69.6 Å². The van der Waals surface area contributed by atoms with Gasteiger partial charge in [0.25, 0.3) is 0 Å². The number of hydrogen-bond donors (Lipinski definition) is 1. The molecule has 0 fully saturated rings. The van der Waals surface area contributed by atoms with Gasteiger partial charge in [-0.05, 0) is 17.0 Å². The Morgan fingerprint density at radius 2 is 1.92 bits per heavy atom. The Bertz CT molecular complexity index is 267. The molecule has 1 aromatic heterocycles. The van der Waals surface area contributed by atoms with Crippen molar-refractivity contribution >= 4 is 0 Å². The van der Waals surface area contributed by atoms with Crippen molar-refractivity contribution in [3.63, 3.8) is 0 Å². The molecule has 0 amide bonds. The highest BCUT2D eigenvalue weighted by atomic mass is 15.6. The van der Waals surface area contributed by atoms with E-state index in [2.05, 4.69) is 36.2 Å². The molecule has 5 heteroatoms. The Hall–Kier alpha value is -0.970. The Labute approximate surface area is 78.3 Å². The molecule has 13 heavy (non-hydrogen) atoms. The molecule has 5 nitrogen and oxygen atoms in total.